The number of hydrogen-bond donors (Lipinski definition) is 3. The van der Waals surface area contributed by atoms with Crippen molar-refractivity contribution in [2.75, 3.05) is 13.1 Å². The molecular formula is C31H54N2O3. The van der Waals surface area contributed by atoms with Gasteiger partial charge < -0.3 is 15.7 Å². The molecule has 1 rings (SSSR count). The summed E-state index contributed by atoms with van der Waals surface area (Å²) < 4.78 is 0. The van der Waals surface area contributed by atoms with E-state index in [0.29, 0.717) is 13.1 Å². The SMILES string of the molecule is CCCCCCCCCCCCCCCCCCCCNC(=O)C(=O)NCCCc1ccc(O)cc1. The lowest BCUT2D eigenvalue weighted by Crippen LogP contribution is -2.40. The fourth-order valence-electron chi connectivity index (χ4n) is 4.55. The third kappa shape index (κ3) is 19.2. The van der Waals surface area contributed by atoms with E-state index in [-0.39, 0.29) is 5.75 Å². The number of phenolic OH excluding ortho intramolecular Hbond substituents is 1. The lowest BCUT2D eigenvalue weighted by Gasteiger charge is -2.07. The summed E-state index contributed by atoms with van der Waals surface area (Å²) >= 11 is 0. The highest BCUT2D eigenvalue weighted by Gasteiger charge is 2.11. The van der Waals surface area contributed by atoms with E-state index in [1.165, 1.54) is 103 Å². The molecule has 2 amide bonds. The van der Waals surface area contributed by atoms with E-state index in [2.05, 4.69) is 17.6 Å². The van der Waals surface area contributed by atoms with E-state index in [0.717, 1.165) is 31.2 Å². The molecular weight excluding hydrogens is 448 g/mol. The average molecular weight is 503 g/mol. The van der Waals surface area contributed by atoms with Crippen molar-refractivity contribution in [1.29, 1.82) is 0 Å². The Balaban J connectivity index is 1.79. The number of benzene rings is 1. The minimum atomic E-state index is -0.553. The number of unbranched alkanes of at least 4 members (excludes halogenated alkanes) is 17. The zero-order chi connectivity index (χ0) is 26.1. The number of carbonyl (C=O) groups excluding carboxylic acids is 2. The molecule has 0 saturated carbocycles. The Morgan fingerprint density at radius 2 is 0.917 bits per heavy atom. The van der Waals surface area contributed by atoms with Crippen LogP contribution in [0.1, 0.15) is 134 Å². The van der Waals surface area contributed by atoms with Gasteiger partial charge in [-0.1, -0.05) is 128 Å². The van der Waals surface area contributed by atoms with Gasteiger partial charge >= 0.3 is 11.8 Å². The highest BCUT2D eigenvalue weighted by atomic mass is 16.3. The van der Waals surface area contributed by atoms with E-state index >= 15 is 0 Å². The zero-order valence-electron chi connectivity index (χ0n) is 23.1. The Labute approximate surface area is 221 Å². The Kier molecular flexibility index (Phi) is 20.8. The smallest absolute Gasteiger partial charge is 0.309 e. The first kappa shape index (κ1) is 32.0. The molecule has 0 unspecified atom stereocenters. The molecule has 0 bridgehead atoms. The second-order valence-electron chi connectivity index (χ2n) is 10.3. The van der Waals surface area contributed by atoms with Crippen LogP contribution in [0.3, 0.4) is 0 Å². The van der Waals surface area contributed by atoms with Crippen LogP contribution in [-0.4, -0.2) is 30.0 Å². The van der Waals surface area contributed by atoms with Crippen molar-refractivity contribution < 1.29 is 14.7 Å². The predicted molar refractivity (Wildman–Crippen MR) is 151 cm³/mol. The minimum Gasteiger partial charge on any atom is -0.508 e. The normalized spacial score (nSPS) is 10.9. The fourth-order valence-corrected chi connectivity index (χ4v) is 4.55. The summed E-state index contributed by atoms with van der Waals surface area (Å²) in [5, 5.41) is 14.7. The van der Waals surface area contributed by atoms with Crippen molar-refractivity contribution in [3.8, 4) is 5.75 Å². The molecule has 5 heteroatoms. The first-order chi connectivity index (χ1) is 17.6. The van der Waals surface area contributed by atoms with Gasteiger partial charge in [-0.3, -0.25) is 9.59 Å². The summed E-state index contributed by atoms with van der Waals surface area (Å²) in [6.07, 6.45) is 25.6. The standard InChI is InChI=1S/C31H54N2O3/c1-2-3-4-5-6-7-8-9-10-11-12-13-14-15-16-17-18-19-26-32-30(35)31(36)33-27-20-21-28-22-24-29(34)25-23-28/h22-25,34H,2-21,26-27H2,1H3,(H,32,35)(H,33,36). The van der Waals surface area contributed by atoms with Crippen LogP contribution in [-0.2, 0) is 16.0 Å². The monoisotopic (exact) mass is 502 g/mol. The van der Waals surface area contributed by atoms with E-state index in [4.69, 9.17) is 0 Å². The molecule has 36 heavy (non-hydrogen) atoms. The Bertz CT molecular complexity index is 660. The van der Waals surface area contributed by atoms with Crippen LogP contribution in [0.15, 0.2) is 24.3 Å². The maximum atomic E-state index is 11.9. The van der Waals surface area contributed by atoms with Crippen molar-refractivity contribution in [2.24, 2.45) is 0 Å². The molecule has 1 aromatic rings. The van der Waals surface area contributed by atoms with Crippen LogP contribution >= 0.6 is 0 Å². The zero-order valence-corrected chi connectivity index (χ0v) is 23.1. The molecule has 0 saturated heterocycles. The summed E-state index contributed by atoms with van der Waals surface area (Å²) in [5.74, 6) is -0.840. The molecule has 0 aliphatic heterocycles. The maximum Gasteiger partial charge on any atom is 0.309 e. The van der Waals surface area contributed by atoms with Gasteiger partial charge in [0.05, 0.1) is 0 Å². The Morgan fingerprint density at radius 3 is 1.33 bits per heavy atom. The molecule has 0 aliphatic rings. The first-order valence-corrected chi connectivity index (χ1v) is 15.0. The third-order valence-electron chi connectivity index (χ3n) is 6.89. The van der Waals surface area contributed by atoms with Gasteiger partial charge in [-0.15, -0.1) is 0 Å². The molecule has 3 N–H and O–H groups in total. The van der Waals surface area contributed by atoms with Crippen LogP contribution in [0.2, 0.25) is 0 Å². The number of aromatic hydroxyl groups is 1. The number of amides is 2. The molecule has 0 radical (unpaired) electrons. The quantitative estimate of drug-likeness (QED) is 0.106. The summed E-state index contributed by atoms with van der Waals surface area (Å²) in [6, 6.07) is 7.04. The lowest BCUT2D eigenvalue weighted by atomic mass is 10.0. The van der Waals surface area contributed by atoms with Gasteiger partial charge in [0.15, 0.2) is 0 Å². The average Bonchev–Trinajstić information content (AvgIpc) is 2.88. The first-order valence-electron chi connectivity index (χ1n) is 15.0. The minimum absolute atomic E-state index is 0.249. The predicted octanol–water partition coefficient (Wildman–Crippen LogP) is 7.60. The van der Waals surface area contributed by atoms with E-state index in [1.54, 1.807) is 12.1 Å². The molecule has 0 atom stereocenters. The van der Waals surface area contributed by atoms with E-state index < -0.39 is 11.8 Å². The number of hydrogen-bond acceptors (Lipinski definition) is 3. The van der Waals surface area contributed by atoms with Crippen LogP contribution < -0.4 is 10.6 Å². The number of phenols is 1. The van der Waals surface area contributed by atoms with Gasteiger partial charge in [0.1, 0.15) is 5.75 Å². The number of nitrogens with one attached hydrogen (secondary N) is 2. The van der Waals surface area contributed by atoms with Gasteiger partial charge in [-0.05, 0) is 37.0 Å². The molecule has 0 heterocycles. The maximum absolute atomic E-state index is 11.9. The van der Waals surface area contributed by atoms with Crippen molar-refractivity contribution in [2.45, 2.75) is 135 Å². The van der Waals surface area contributed by atoms with Crippen molar-refractivity contribution in [3.05, 3.63) is 29.8 Å². The van der Waals surface area contributed by atoms with Gasteiger partial charge in [0.2, 0.25) is 0 Å². The molecule has 0 aliphatic carbocycles. The summed E-state index contributed by atoms with van der Waals surface area (Å²) in [5.41, 5.74) is 1.10. The number of aryl methyl sites for hydroxylation is 1. The Morgan fingerprint density at radius 1 is 0.556 bits per heavy atom. The molecule has 206 valence electrons. The summed E-state index contributed by atoms with van der Waals surface area (Å²) in [6.45, 7) is 3.31. The molecule has 0 spiro atoms. The molecule has 0 aromatic heterocycles. The highest BCUT2D eigenvalue weighted by molar-refractivity contribution is 6.35. The number of carbonyl (C=O) groups is 2. The Hall–Kier alpha value is -2.04. The summed E-state index contributed by atoms with van der Waals surface area (Å²) in [4.78, 5) is 23.7. The third-order valence-corrected chi connectivity index (χ3v) is 6.89. The highest BCUT2D eigenvalue weighted by Crippen LogP contribution is 2.14. The molecule has 1 aromatic carbocycles. The topological polar surface area (TPSA) is 78.4 Å². The van der Waals surface area contributed by atoms with Gasteiger partial charge in [-0.25, -0.2) is 0 Å². The van der Waals surface area contributed by atoms with Crippen molar-refractivity contribution >= 4 is 11.8 Å². The largest absolute Gasteiger partial charge is 0.508 e. The van der Waals surface area contributed by atoms with Crippen molar-refractivity contribution in [3.63, 3.8) is 0 Å². The lowest BCUT2D eigenvalue weighted by molar-refractivity contribution is -0.139. The van der Waals surface area contributed by atoms with E-state index in [9.17, 15) is 14.7 Å². The van der Waals surface area contributed by atoms with E-state index in [1.807, 2.05) is 12.1 Å². The van der Waals surface area contributed by atoms with Gasteiger partial charge in [0.25, 0.3) is 0 Å². The van der Waals surface area contributed by atoms with Crippen LogP contribution in [0.5, 0.6) is 5.75 Å². The second kappa shape index (κ2) is 23.4. The molecule has 0 fully saturated rings. The molecule has 5 nitrogen and oxygen atoms in total. The van der Waals surface area contributed by atoms with Crippen LogP contribution in [0.25, 0.3) is 0 Å². The second-order valence-corrected chi connectivity index (χ2v) is 10.3. The fraction of sp³-hybridized carbons (Fsp3) is 0.742. The van der Waals surface area contributed by atoms with Gasteiger partial charge in [0, 0.05) is 13.1 Å². The van der Waals surface area contributed by atoms with Crippen LogP contribution in [0.4, 0.5) is 0 Å². The number of rotatable bonds is 23. The van der Waals surface area contributed by atoms with Gasteiger partial charge in [-0.2, -0.15) is 0 Å². The van der Waals surface area contributed by atoms with Crippen molar-refractivity contribution in [1.82, 2.24) is 10.6 Å². The van der Waals surface area contributed by atoms with Crippen LogP contribution in [0, 0.1) is 0 Å². The summed E-state index contributed by atoms with van der Waals surface area (Å²) in [7, 11) is 0.